The van der Waals surface area contributed by atoms with Crippen LogP contribution in [0.2, 0.25) is 0 Å². The number of aromatic nitrogens is 6. The maximum atomic E-state index is 13.3. The number of aliphatic hydroxyl groups excluding tert-OH is 4. The first kappa shape index (κ1) is 41.3. The molecule has 0 radical (unpaired) electrons. The minimum absolute atomic E-state index is 0.0249. The average molecular weight is 772 g/mol. The van der Waals surface area contributed by atoms with Crippen molar-refractivity contribution in [3.63, 3.8) is 0 Å². The second-order valence-corrected chi connectivity index (χ2v) is 12.6. The molecular formula is C34H41N7O14. The minimum atomic E-state index is -1.87. The number of ether oxygens (including phenoxy) is 5. The quantitative estimate of drug-likeness (QED) is 0.0654. The zero-order valence-electron chi connectivity index (χ0n) is 29.7. The fourth-order valence-corrected chi connectivity index (χ4v) is 5.90. The second-order valence-electron chi connectivity index (χ2n) is 12.6. The smallest absolute Gasteiger partial charge is 0.335 e. The van der Waals surface area contributed by atoms with Gasteiger partial charge in [0.25, 0.3) is 0 Å². The SMILES string of the molecule is COC1OC(C(=O)CCCNC(=O)CCCC(=O)c2ccc(-c3nnc(-c4ccccn4)nn3)nc2)C(OC2OC(C(=O)O)C(OC)C(O)C2O)C(O)C1O. The van der Waals surface area contributed by atoms with Crippen LogP contribution in [0.15, 0.2) is 42.7 Å². The van der Waals surface area contributed by atoms with E-state index in [1.54, 1.807) is 36.5 Å². The van der Waals surface area contributed by atoms with Gasteiger partial charge in [-0.2, -0.15) is 0 Å². The van der Waals surface area contributed by atoms with Crippen molar-refractivity contribution in [2.45, 2.75) is 93.5 Å². The van der Waals surface area contributed by atoms with Crippen molar-refractivity contribution in [3.05, 3.63) is 48.3 Å². The van der Waals surface area contributed by atoms with Gasteiger partial charge in [-0.1, -0.05) is 6.07 Å². The van der Waals surface area contributed by atoms with Crippen molar-refractivity contribution >= 4 is 23.4 Å². The molecule has 0 spiro atoms. The van der Waals surface area contributed by atoms with Crippen molar-refractivity contribution in [3.8, 4) is 23.0 Å². The van der Waals surface area contributed by atoms with Gasteiger partial charge in [0.1, 0.15) is 54.1 Å². The Morgan fingerprint density at radius 1 is 0.727 bits per heavy atom. The highest BCUT2D eigenvalue weighted by Crippen LogP contribution is 2.31. The predicted octanol–water partition coefficient (Wildman–Crippen LogP) is -1.77. The highest BCUT2D eigenvalue weighted by molar-refractivity contribution is 5.96. The van der Waals surface area contributed by atoms with E-state index in [9.17, 15) is 44.7 Å². The number of aliphatic hydroxyl groups is 4. The number of nitrogens with zero attached hydrogens (tertiary/aromatic N) is 6. The number of rotatable bonds is 17. The topological polar surface area (TPSA) is 305 Å². The number of methoxy groups -OCH3 is 2. The molecular weight excluding hydrogens is 730 g/mol. The summed E-state index contributed by atoms with van der Waals surface area (Å²) in [6.07, 6.45) is -13.9. The van der Waals surface area contributed by atoms with Gasteiger partial charge in [0, 0.05) is 58.0 Å². The summed E-state index contributed by atoms with van der Waals surface area (Å²) in [5.41, 5.74) is 1.20. The third-order valence-corrected chi connectivity index (χ3v) is 8.86. The van der Waals surface area contributed by atoms with E-state index in [0.29, 0.717) is 17.0 Å². The Kier molecular flexibility index (Phi) is 14.4. The molecule has 10 atom stereocenters. The average Bonchev–Trinajstić information content (AvgIpc) is 3.20. The van der Waals surface area contributed by atoms with Crippen LogP contribution in [-0.2, 0) is 38.1 Å². The minimum Gasteiger partial charge on any atom is -0.479 e. The van der Waals surface area contributed by atoms with Gasteiger partial charge in [-0.05, 0) is 37.1 Å². The lowest BCUT2D eigenvalue weighted by Crippen LogP contribution is -2.65. The van der Waals surface area contributed by atoms with Crippen molar-refractivity contribution in [2.75, 3.05) is 20.8 Å². The Labute approximate surface area is 313 Å². The molecule has 21 heteroatoms. The van der Waals surface area contributed by atoms with E-state index >= 15 is 0 Å². The van der Waals surface area contributed by atoms with Crippen LogP contribution in [0.25, 0.3) is 23.0 Å². The van der Waals surface area contributed by atoms with Crippen molar-refractivity contribution in [1.82, 2.24) is 35.7 Å². The summed E-state index contributed by atoms with van der Waals surface area (Å²) in [6, 6.07) is 8.39. The number of aliphatic carboxylic acids is 1. The number of hydrogen-bond acceptors (Lipinski definition) is 19. The maximum Gasteiger partial charge on any atom is 0.335 e. The molecule has 0 aromatic carbocycles. The van der Waals surface area contributed by atoms with Crippen LogP contribution in [0, 0.1) is 0 Å². The molecule has 1 amide bonds. The lowest BCUT2D eigenvalue weighted by atomic mass is 9.93. The van der Waals surface area contributed by atoms with Crippen LogP contribution in [0.1, 0.15) is 42.5 Å². The van der Waals surface area contributed by atoms with Crippen LogP contribution in [0.3, 0.4) is 0 Å². The molecule has 0 aliphatic carbocycles. The molecule has 3 aromatic rings. The number of hydrogen-bond donors (Lipinski definition) is 6. The summed E-state index contributed by atoms with van der Waals surface area (Å²) >= 11 is 0. The Bertz CT molecular complexity index is 1760. The third-order valence-electron chi connectivity index (χ3n) is 8.86. The van der Waals surface area contributed by atoms with Gasteiger partial charge in [0.2, 0.25) is 17.6 Å². The first-order valence-electron chi connectivity index (χ1n) is 17.2. The van der Waals surface area contributed by atoms with E-state index in [4.69, 9.17) is 23.7 Å². The molecule has 3 aromatic heterocycles. The molecule has 5 heterocycles. The number of carboxylic acids is 1. The van der Waals surface area contributed by atoms with Gasteiger partial charge in [-0.25, -0.2) is 4.79 Å². The van der Waals surface area contributed by atoms with E-state index in [1.807, 2.05) is 0 Å². The third kappa shape index (κ3) is 10.1. The summed E-state index contributed by atoms with van der Waals surface area (Å²) in [7, 11) is 2.28. The zero-order valence-corrected chi connectivity index (χ0v) is 29.7. The summed E-state index contributed by atoms with van der Waals surface area (Å²) in [5.74, 6) is -2.36. The van der Waals surface area contributed by atoms with Crippen LogP contribution >= 0.6 is 0 Å². The zero-order chi connectivity index (χ0) is 39.6. The van der Waals surface area contributed by atoms with Gasteiger partial charge >= 0.3 is 5.97 Å². The largest absolute Gasteiger partial charge is 0.479 e. The predicted molar refractivity (Wildman–Crippen MR) is 181 cm³/mol. The summed E-state index contributed by atoms with van der Waals surface area (Å²) in [6.45, 7) is 0.0605. The summed E-state index contributed by atoms with van der Waals surface area (Å²) in [4.78, 5) is 58.6. The van der Waals surface area contributed by atoms with Crippen LogP contribution in [-0.4, -0.2) is 162 Å². The lowest BCUT2D eigenvalue weighted by Gasteiger charge is -2.45. The lowest BCUT2D eigenvalue weighted by molar-refractivity contribution is -0.348. The van der Waals surface area contributed by atoms with Gasteiger partial charge in [0.15, 0.2) is 30.3 Å². The Morgan fingerprint density at radius 3 is 1.98 bits per heavy atom. The molecule has 2 saturated heterocycles. The van der Waals surface area contributed by atoms with E-state index in [2.05, 4.69) is 35.7 Å². The van der Waals surface area contributed by atoms with Crippen molar-refractivity contribution < 1.29 is 68.4 Å². The Morgan fingerprint density at radius 2 is 1.38 bits per heavy atom. The highest BCUT2D eigenvalue weighted by atomic mass is 16.7. The van der Waals surface area contributed by atoms with Gasteiger partial charge in [-0.15, -0.1) is 20.4 Å². The number of carboxylic acid groups (broad SMARTS) is 1. The standard InChI is InChI=1S/C34H41N7O14/c1-51-27-22(45)25(48)34(55-29(27)32(49)50)54-28-23(46)24(47)33(52-2)53-26(28)20(43)9-6-14-36-21(44)10-5-8-19(42)16-11-12-18(37-15-16)31-40-38-30(39-41-31)17-7-3-4-13-35-17/h3-4,7,11-13,15,22-29,33-34,45-48H,5-6,8-10,14H2,1-2H3,(H,36,44)(H,49,50). The van der Waals surface area contributed by atoms with E-state index in [-0.39, 0.29) is 62.0 Å². The van der Waals surface area contributed by atoms with E-state index < -0.39 is 73.2 Å². The molecule has 5 rings (SSSR count). The molecule has 55 heavy (non-hydrogen) atoms. The van der Waals surface area contributed by atoms with E-state index in [1.165, 1.54) is 13.3 Å². The molecule has 2 fully saturated rings. The summed E-state index contributed by atoms with van der Waals surface area (Å²) < 4.78 is 26.5. The number of pyridine rings is 2. The second kappa shape index (κ2) is 19.2. The molecule has 6 N–H and O–H groups in total. The summed E-state index contributed by atoms with van der Waals surface area (Å²) in [5, 5.41) is 70.6. The molecule has 2 aliphatic heterocycles. The molecule has 2 aliphatic rings. The first-order chi connectivity index (χ1) is 26.4. The molecule has 21 nitrogen and oxygen atoms in total. The molecule has 0 saturated carbocycles. The van der Waals surface area contributed by atoms with Gasteiger partial charge < -0.3 is 54.5 Å². The van der Waals surface area contributed by atoms with Crippen LogP contribution in [0.5, 0.6) is 0 Å². The fraction of sp³-hybridized carbons (Fsp3) is 0.529. The molecule has 0 bridgehead atoms. The normalized spacial score (nSPS) is 28.0. The number of carbonyl (C=O) groups is 4. The van der Waals surface area contributed by atoms with Crippen molar-refractivity contribution in [1.29, 1.82) is 0 Å². The number of carbonyl (C=O) groups excluding carboxylic acids is 3. The highest BCUT2D eigenvalue weighted by Gasteiger charge is 2.53. The Hall–Kier alpha value is -4.84. The molecule has 10 unspecified atom stereocenters. The van der Waals surface area contributed by atoms with Gasteiger partial charge in [-0.3, -0.25) is 24.4 Å². The number of amides is 1. The number of ketones is 2. The molecule has 296 valence electrons. The van der Waals surface area contributed by atoms with Crippen molar-refractivity contribution in [2.24, 2.45) is 0 Å². The van der Waals surface area contributed by atoms with E-state index in [0.717, 1.165) is 7.11 Å². The first-order valence-corrected chi connectivity index (χ1v) is 17.2. The Balaban J connectivity index is 1.06. The van der Waals surface area contributed by atoms with Crippen LogP contribution in [0.4, 0.5) is 0 Å². The van der Waals surface area contributed by atoms with Gasteiger partial charge in [0.05, 0.1) is 0 Å². The maximum absolute atomic E-state index is 13.3. The van der Waals surface area contributed by atoms with Crippen LogP contribution < -0.4 is 5.32 Å². The number of Topliss-reactive ketones (excluding diaryl/α,β-unsaturated/α-hetero) is 2. The monoisotopic (exact) mass is 771 g/mol. The number of nitrogens with one attached hydrogen (secondary N) is 1. The fourth-order valence-electron chi connectivity index (χ4n) is 5.90.